The van der Waals surface area contributed by atoms with Gasteiger partial charge in [0.15, 0.2) is 0 Å². The SMILES string of the molecule is Cc1ccc(NC(=O)C2(C(=O)Nc3ccc(F)c(Cl)c3)CC2)cc1C. The molecule has 0 radical (unpaired) electrons. The molecule has 1 fully saturated rings. The number of benzene rings is 2. The van der Waals surface area contributed by atoms with Crippen molar-refractivity contribution in [3.63, 3.8) is 0 Å². The molecular formula is C19H18ClFN2O2. The molecule has 0 saturated heterocycles. The number of rotatable bonds is 4. The lowest BCUT2D eigenvalue weighted by Crippen LogP contribution is -2.35. The highest BCUT2D eigenvalue weighted by Gasteiger charge is 2.56. The van der Waals surface area contributed by atoms with Gasteiger partial charge in [0.25, 0.3) is 0 Å². The Morgan fingerprint density at radius 3 is 2.04 bits per heavy atom. The molecule has 0 spiro atoms. The number of carbonyl (C=O) groups is 2. The molecule has 0 unspecified atom stereocenters. The van der Waals surface area contributed by atoms with E-state index >= 15 is 0 Å². The average Bonchev–Trinajstić information content (AvgIpc) is 3.36. The first-order valence-electron chi connectivity index (χ1n) is 7.97. The Labute approximate surface area is 150 Å². The third kappa shape index (κ3) is 3.51. The predicted octanol–water partition coefficient (Wildman–Crippen LogP) is 4.45. The first-order valence-corrected chi connectivity index (χ1v) is 8.35. The standard InChI is InChI=1S/C19H18ClFN2O2/c1-11-3-4-13(9-12(11)2)22-17(24)19(7-8-19)18(25)23-14-5-6-16(21)15(20)10-14/h3-6,9-10H,7-8H2,1-2H3,(H,22,24)(H,23,25). The monoisotopic (exact) mass is 360 g/mol. The third-order valence-electron chi connectivity index (χ3n) is 4.56. The smallest absolute Gasteiger partial charge is 0.240 e. The van der Waals surface area contributed by atoms with E-state index in [1.54, 1.807) is 0 Å². The molecule has 2 aromatic carbocycles. The van der Waals surface area contributed by atoms with E-state index in [2.05, 4.69) is 10.6 Å². The second-order valence-electron chi connectivity index (χ2n) is 6.42. The largest absolute Gasteiger partial charge is 0.325 e. The summed E-state index contributed by atoms with van der Waals surface area (Å²) in [6, 6.07) is 9.52. The molecule has 1 aliphatic rings. The van der Waals surface area contributed by atoms with Crippen molar-refractivity contribution in [1.29, 1.82) is 0 Å². The predicted molar refractivity (Wildman–Crippen MR) is 96.3 cm³/mol. The second kappa shape index (κ2) is 6.48. The minimum absolute atomic E-state index is 0.0813. The van der Waals surface area contributed by atoms with Gasteiger partial charge < -0.3 is 10.6 Å². The molecule has 0 aliphatic heterocycles. The van der Waals surface area contributed by atoms with Crippen LogP contribution in [-0.4, -0.2) is 11.8 Å². The van der Waals surface area contributed by atoms with Gasteiger partial charge in [0, 0.05) is 11.4 Å². The minimum Gasteiger partial charge on any atom is -0.325 e. The molecule has 0 heterocycles. The molecule has 0 bridgehead atoms. The van der Waals surface area contributed by atoms with E-state index in [9.17, 15) is 14.0 Å². The summed E-state index contributed by atoms with van der Waals surface area (Å²) in [4.78, 5) is 25.1. The van der Waals surface area contributed by atoms with Crippen LogP contribution in [-0.2, 0) is 9.59 Å². The summed E-state index contributed by atoms with van der Waals surface area (Å²) >= 11 is 5.72. The van der Waals surface area contributed by atoms with E-state index in [-0.39, 0.29) is 10.9 Å². The third-order valence-corrected chi connectivity index (χ3v) is 4.85. The van der Waals surface area contributed by atoms with Crippen molar-refractivity contribution in [2.75, 3.05) is 10.6 Å². The highest BCUT2D eigenvalue weighted by molar-refractivity contribution is 6.31. The molecule has 2 amide bonds. The Bertz CT molecular complexity index is 795. The van der Waals surface area contributed by atoms with Crippen LogP contribution in [0.3, 0.4) is 0 Å². The van der Waals surface area contributed by atoms with Crippen molar-refractivity contribution in [2.45, 2.75) is 26.7 Å². The lowest BCUT2D eigenvalue weighted by atomic mass is 10.0. The Morgan fingerprint density at radius 2 is 1.52 bits per heavy atom. The summed E-state index contributed by atoms with van der Waals surface area (Å²) in [6.07, 6.45) is 0.953. The molecule has 2 aromatic rings. The van der Waals surface area contributed by atoms with Crippen molar-refractivity contribution in [3.05, 3.63) is 58.4 Å². The maximum Gasteiger partial charge on any atom is 0.240 e. The molecule has 0 atom stereocenters. The zero-order valence-corrected chi connectivity index (χ0v) is 14.7. The summed E-state index contributed by atoms with van der Waals surface area (Å²) < 4.78 is 13.2. The fourth-order valence-corrected chi connectivity index (χ4v) is 2.76. The van der Waals surface area contributed by atoms with E-state index in [0.29, 0.717) is 24.2 Å². The molecule has 1 saturated carbocycles. The van der Waals surface area contributed by atoms with E-state index in [1.807, 2.05) is 32.0 Å². The zero-order chi connectivity index (χ0) is 18.2. The van der Waals surface area contributed by atoms with Crippen molar-refractivity contribution < 1.29 is 14.0 Å². The summed E-state index contributed by atoms with van der Waals surface area (Å²) in [5.74, 6) is -1.30. The van der Waals surface area contributed by atoms with Crippen molar-refractivity contribution in [3.8, 4) is 0 Å². The van der Waals surface area contributed by atoms with Gasteiger partial charge in [-0.25, -0.2) is 4.39 Å². The van der Waals surface area contributed by atoms with Crippen molar-refractivity contribution >= 4 is 34.8 Å². The van der Waals surface area contributed by atoms with Gasteiger partial charge in [0.1, 0.15) is 11.2 Å². The molecule has 0 aromatic heterocycles. The Kier molecular flexibility index (Phi) is 4.52. The van der Waals surface area contributed by atoms with Gasteiger partial charge in [0.2, 0.25) is 11.8 Å². The van der Waals surface area contributed by atoms with Gasteiger partial charge in [-0.15, -0.1) is 0 Å². The lowest BCUT2D eigenvalue weighted by Gasteiger charge is -2.16. The first-order chi connectivity index (χ1) is 11.8. The Morgan fingerprint density at radius 1 is 0.960 bits per heavy atom. The first kappa shape index (κ1) is 17.4. The number of nitrogens with one attached hydrogen (secondary N) is 2. The molecular weight excluding hydrogens is 343 g/mol. The molecule has 130 valence electrons. The van der Waals surface area contributed by atoms with E-state index < -0.39 is 17.1 Å². The summed E-state index contributed by atoms with van der Waals surface area (Å²) in [6.45, 7) is 3.95. The number of hydrogen-bond donors (Lipinski definition) is 2. The minimum atomic E-state index is -1.08. The van der Waals surface area contributed by atoms with Crippen LogP contribution in [0, 0.1) is 25.1 Å². The van der Waals surface area contributed by atoms with E-state index in [0.717, 1.165) is 11.1 Å². The van der Waals surface area contributed by atoms with E-state index in [1.165, 1.54) is 18.2 Å². The normalized spacial score (nSPS) is 14.7. The van der Waals surface area contributed by atoms with Crippen LogP contribution in [0.1, 0.15) is 24.0 Å². The van der Waals surface area contributed by atoms with Gasteiger partial charge in [-0.05, 0) is 68.1 Å². The summed E-state index contributed by atoms with van der Waals surface area (Å²) in [7, 11) is 0. The van der Waals surface area contributed by atoms with Crippen LogP contribution < -0.4 is 10.6 Å². The highest BCUT2D eigenvalue weighted by Crippen LogP contribution is 2.47. The van der Waals surface area contributed by atoms with Gasteiger partial charge >= 0.3 is 0 Å². The van der Waals surface area contributed by atoms with Crippen LogP contribution in [0.4, 0.5) is 15.8 Å². The molecule has 2 N–H and O–H groups in total. The fraction of sp³-hybridized carbons (Fsp3) is 0.263. The summed E-state index contributed by atoms with van der Waals surface area (Å²) in [5.41, 5.74) is 2.14. The van der Waals surface area contributed by atoms with E-state index in [4.69, 9.17) is 11.6 Å². The van der Waals surface area contributed by atoms with Gasteiger partial charge in [-0.1, -0.05) is 17.7 Å². The number of halogens is 2. The van der Waals surface area contributed by atoms with Crippen LogP contribution in [0.2, 0.25) is 5.02 Å². The molecule has 25 heavy (non-hydrogen) atoms. The van der Waals surface area contributed by atoms with Gasteiger partial charge in [-0.2, -0.15) is 0 Å². The van der Waals surface area contributed by atoms with Crippen LogP contribution in [0.25, 0.3) is 0 Å². The Balaban J connectivity index is 1.72. The number of hydrogen-bond acceptors (Lipinski definition) is 2. The van der Waals surface area contributed by atoms with Crippen LogP contribution in [0.15, 0.2) is 36.4 Å². The molecule has 3 rings (SSSR count). The lowest BCUT2D eigenvalue weighted by molar-refractivity contribution is -0.131. The zero-order valence-electron chi connectivity index (χ0n) is 14.0. The topological polar surface area (TPSA) is 58.2 Å². The quantitative estimate of drug-likeness (QED) is 0.791. The number of aryl methyl sites for hydroxylation is 2. The maximum atomic E-state index is 13.2. The van der Waals surface area contributed by atoms with Crippen LogP contribution in [0.5, 0.6) is 0 Å². The van der Waals surface area contributed by atoms with Gasteiger partial charge in [-0.3, -0.25) is 9.59 Å². The van der Waals surface area contributed by atoms with Crippen molar-refractivity contribution in [2.24, 2.45) is 5.41 Å². The number of amides is 2. The molecule has 6 heteroatoms. The highest BCUT2D eigenvalue weighted by atomic mass is 35.5. The molecule has 1 aliphatic carbocycles. The van der Waals surface area contributed by atoms with Gasteiger partial charge in [0.05, 0.1) is 5.02 Å². The summed E-state index contributed by atoms with van der Waals surface area (Å²) in [5, 5.41) is 5.38. The fourth-order valence-electron chi connectivity index (χ4n) is 2.58. The number of carbonyl (C=O) groups excluding carboxylic acids is 2. The van der Waals surface area contributed by atoms with Crippen molar-refractivity contribution in [1.82, 2.24) is 0 Å². The maximum absolute atomic E-state index is 13.2. The Hall–Kier alpha value is -2.40. The second-order valence-corrected chi connectivity index (χ2v) is 6.83. The average molecular weight is 361 g/mol. The van der Waals surface area contributed by atoms with Crippen LogP contribution >= 0.6 is 11.6 Å². The molecule has 4 nitrogen and oxygen atoms in total. The number of anilines is 2.